The van der Waals surface area contributed by atoms with E-state index in [1.165, 1.54) is 6.92 Å². The molecule has 0 fully saturated rings. The molecule has 2 aromatic carbocycles. The van der Waals surface area contributed by atoms with Crippen molar-refractivity contribution in [2.24, 2.45) is 11.7 Å². The summed E-state index contributed by atoms with van der Waals surface area (Å²) in [5, 5.41) is 2.31. The molecule has 2 rings (SSSR count). The van der Waals surface area contributed by atoms with Crippen LogP contribution < -0.4 is 11.1 Å². The lowest BCUT2D eigenvalue weighted by Gasteiger charge is -2.16. The summed E-state index contributed by atoms with van der Waals surface area (Å²) < 4.78 is 25.6. The smallest absolute Gasteiger partial charge is 0.239 e. The van der Waals surface area contributed by atoms with Crippen molar-refractivity contribution in [1.29, 1.82) is 0 Å². The molecule has 1 atom stereocenters. The fourth-order valence-electron chi connectivity index (χ4n) is 2.88. The monoisotopic (exact) mass is 533 g/mol. The van der Waals surface area contributed by atoms with Gasteiger partial charge in [-0.1, -0.05) is 76.2 Å². The minimum atomic E-state index is -0.819. The third-order valence-electron chi connectivity index (χ3n) is 4.47. The van der Waals surface area contributed by atoms with Crippen molar-refractivity contribution < 1.29 is 23.2 Å². The molecular formula is C30H45F2N3O3. The van der Waals surface area contributed by atoms with Gasteiger partial charge in [-0.3, -0.25) is 9.59 Å². The summed E-state index contributed by atoms with van der Waals surface area (Å²) in [5.41, 5.74) is 5.14. The van der Waals surface area contributed by atoms with Crippen LogP contribution in [0.5, 0.6) is 0 Å². The maximum atomic E-state index is 12.8. The van der Waals surface area contributed by atoms with Gasteiger partial charge in [0, 0.05) is 25.6 Å². The average molecular weight is 534 g/mol. The van der Waals surface area contributed by atoms with Crippen LogP contribution in [0.25, 0.3) is 0 Å². The van der Waals surface area contributed by atoms with E-state index in [1.54, 1.807) is 0 Å². The van der Waals surface area contributed by atoms with Gasteiger partial charge in [-0.05, 0) is 44.0 Å². The summed E-state index contributed by atoms with van der Waals surface area (Å²) in [6.45, 7) is 12.0. The Morgan fingerprint density at radius 3 is 1.84 bits per heavy atom. The van der Waals surface area contributed by atoms with Crippen LogP contribution in [0.3, 0.4) is 0 Å². The van der Waals surface area contributed by atoms with E-state index in [-0.39, 0.29) is 12.0 Å². The first-order valence-corrected chi connectivity index (χ1v) is 12.9. The predicted molar refractivity (Wildman–Crippen MR) is 151 cm³/mol. The van der Waals surface area contributed by atoms with Crippen molar-refractivity contribution in [3.05, 3.63) is 83.9 Å². The Balaban J connectivity index is 0. The average Bonchev–Trinajstić information content (AvgIpc) is 2.86. The second kappa shape index (κ2) is 24.0. The van der Waals surface area contributed by atoms with Gasteiger partial charge in [-0.2, -0.15) is 0 Å². The van der Waals surface area contributed by atoms with Gasteiger partial charge in [0.05, 0.1) is 6.42 Å². The first-order chi connectivity index (χ1) is 18.0. The molecule has 0 heterocycles. The normalized spacial score (nSPS) is 10.8. The molecule has 8 heteroatoms. The molecule has 2 amide bonds. The SMILES string of the molecule is CC.CC(C)CN(C)C/C=C\CCC=O.CC(NC(=O)Cc1cc(F)cc(F)c1)C(N)=O.c1ccccc1. The Hall–Kier alpha value is -3.39. The number of amides is 2. The lowest BCUT2D eigenvalue weighted by molar-refractivity contribution is -0.126. The highest BCUT2D eigenvalue weighted by atomic mass is 19.1. The van der Waals surface area contributed by atoms with Crippen LogP contribution in [0, 0.1) is 17.6 Å². The molecule has 3 N–H and O–H groups in total. The highest BCUT2D eigenvalue weighted by Gasteiger charge is 2.13. The van der Waals surface area contributed by atoms with Crippen LogP contribution >= 0.6 is 0 Å². The Bertz CT molecular complexity index is 875. The molecule has 2 aromatic rings. The highest BCUT2D eigenvalue weighted by Crippen LogP contribution is 2.08. The number of nitrogens with zero attached hydrogens (tertiary/aromatic N) is 1. The van der Waals surface area contributed by atoms with Gasteiger partial charge in [-0.25, -0.2) is 8.78 Å². The maximum absolute atomic E-state index is 12.8. The minimum Gasteiger partial charge on any atom is -0.368 e. The number of hydrogen-bond donors (Lipinski definition) is 2. The van der Waals surface area contributed by atoms with Crippen molar-refractivity contribution >= 4 is 18.1 Å². The molecular weight excluding hydrogens is 488 g/mol. The Kier molecular flexibility index (Phi) is 23.2. The van der Waals surface area contributed by atoms with Gasteiger partial charge in [0.1, 0.15) is 24.0 Å². The van der Waals surface area contributed by atoms with E-state index in [1.807, 2.05) is 50.2 Å². The predicted octanol–water partition coefficient (Wildman–Crippen LogP) is 5.32. The van der Waals surface area contributed by atoms with Crippen LogP contribution in [0.4, 0.5) is 8.78 Å². The molecule has 0 saturated heterocycles. The molecule has 0 aliphatic heterocycles. The van der Waals surface area contributed by atoms with Crippen molar-refractivity contribution in [2.75, 3.05) is 20.1 Å². The van der Waals surface area contributed by atoms with E-state index < -0.39 is 29.5 Å². The van der Waals surface area contributed by atoms with Crippen LogP contribution in [-0.4, -0.2) is 49.2 Å². The van der Waals surface area contributed by atoms with Gasteiger partial charge in [0.25, 0.3) is 0 Å². The number of primary amides is 1. The minimum absolute atomic E-state index is 0.191. The lowest BCUT2D eigenvalue weighted by Crippen LogP contribution is -2.42. The van der Waals surface area contributed by atoms with Crippen LogP contribution in [0.15, 0.2) is 66.7 Å². The molecule has 6 nitrogen and oxygen atoms in total. The zero-order chi connectivity index (χ0) is 29.3. The van der Waals surface area contributed by atoms with Gasteiger partial charge < -0.3 is 20.7 Å². The Morgan fingerprint density at radius 1 is 0.921 bits per heavy atom. The van der Waals surface area contributed by atoms with E-state index in [2.05, 4.69) is 43.3 Å². The first-order valence-electron chi connectivity index (χ1n) is 12.9. The zero-order valence-corrected chi connectivity index (χ0v) is 23.6. The van der Waals surface area contributed by atoms with Crippen LogP contribution in [0.2, 0.25) is 0 Å². The molecule has 38 heavy (non-hydrogen) atoms. The summed E-state index contributed by atoms with van der Waals surface area (Å²) in [4.78, 5) is 34.4. The standard InChI is InChI=1S/C11H12F2N2O2.C11H21NO.C6H6.C2H6/c1-6(11(14)17)15-10(16)4-7-2-8(12)5-9(13)3-7;1-11(2)10-12(3)8-6-4-5-7-9-13;1-2-4-6-5-3-1;1-2/h2-3,5-6H,4H2,1H3,(H2,14,17)(H,15,16);4,6,9,11H,5,7-8,10H2,1-3H3;1-6H;1-2H3/b;6-4-;;. The number of unbranched alkanes of at least 4 members (excludes halogenated alkanes) is 1. The number of hydrogen-bond acceptors (Lipinski definition) is 4. The number of allylic oxidation sites excluding steroid dienone is 1. The number of aldehydes is 1. The third kappa shape index (κ3) is 23.0. The number of carbonyl (C=O) groups is 3. The van der Waals surface area contributed by atoms with E-state index in [4.69, 9.17) is 5.73 Å². The number of nitrogens with two attached hydrogens (primary N) is 1. The van der Waals surface area contributed by atoms with E-state index in [0.29, 0.717) is 18.4 Å². The molecule has 1 unspecified atom stereocenters. The van der Waals surface area contributed by atoms with E-state index in [0.717, 1.165) is 37.9 Å². The Labute approximate surface area is 227 Å². The number of nitrogens with one attached hydrogen (secondary N) is 1. The second-order valence-electron chi connectivity index (χ2n) is 8.63. The number of carbonyl (C=O) groups excluding carboxylic acids is 3. The van der Waals surface area contributed by atoms with Crippen molar-refractivity contribution in [3.63, 3.8) is 0 Å². The lowest BCUT2D eigenvalue weighted by atomic mass is 10.1. The van der Waals surface area contributed by atoms with Gasteiger partial charge >= 0.3 is 0 Å². The molecule has 0 spiro atoms. The molecule has 0 aliphatic rings. The molecule has 0 bridgehead atoms. The fraction of sp³-hybridized carbons (Fsp3) is 0.433. The summed E-state index contributed by atoms with van der Waals surface area (Å²) in [6.07, 6.45) is 6.47. The number of halogens is 2. The van der Waals surface area contributed by atoms with E-state index >= 15 is 0 Å². The molecule has 0 saturated carbocycles. The number of benzene rings is 2. The zero-order valence-electron chi connectivity index (χ0n) is 23.6. The highest BCUT2D eigenvalue weighted by molar-refractivity contribution is 5.87. The van der Waals surface area contributed by atoms with Crippen molar-refractivity contribution in [2.45, 2.75) is 59.9 Å². The van der Waals surface area contributed by atoms with Crippen molar-refractivity contribution in [1.82, 2.24) is 10.2 Å². The van der Waals surface area contributed by atoms with E-state index in [9.17, 15) is 23.2 Å². The summed E-state index contributed by atoms with van der Waals surface area (Å²) in [5.74, 6) is -2.00. The molecule has 0 aromatic heterocycles. The fourth-order valence-corrected chi connectivity index (χ4v) is 2.88. The molecule has 212 valence electrons. The second-order valence-corrected chi connectivity index (χ2v) is 8.63. The summed E-state index contributed by atoms with van der Waals surface area (Å²) in [6, 6.07) is 14.0. The topological polar surface area (TPSA) is 92.5 Å². The first kappa shape index (κ1) is 36.8. The maximum Gasteiger partial charge on any atom is 0.239 e. The Morgan fingerprint density at radius 2 is 1.42 bits per heavy atom. The van der Waals surface area contributed by atoms with Crippen LogP contribution in [0.1, 0.15) is 53.0 Å². The molecule has 0 radical (unpaired) electrons. The quantitative estimate of drug-likeness (QED) is 0.232. The largest absolute Gasteiger partial charge is 0.368 e. The summed E-state index contributed by atoms with van der Waals surface area (Å²) >= 11 is 0. The third-order valence-corrected chi connectivity index (χ3v) is 4.47. The number of rotatable bonds is 11. The van der Waals surface area contributed by atoms with Gasteiger partial charge in [-0.15, -0.1) is 0 Å². The van der Waals surface area contributed by atoms with Gasteiger partial charge in [0.15, 0.2) is 0 Å². The molecule has 0 aliphatic carbocycles. The summed E-state index contributed by atoms with van der Waals surface area (Å²) in [7, 11) is 2.12. The van der Waals surface area contributed by atoms with Crippen LogP contribution in [-0.2, 0) is 20.8 Å². The number of likely N-dealkylation sites (N-methyl/N-ethyl adjacent to an activating group) is 1. The van der Waals surface area contributed by atoms with Gasteiger partial charge in [0.2, 0.25) is 11.8 Å². The van der Waals surface area contributed by atoms with Crippen molar-refractivity contribution in [3.8, 4) is 0 Å².